The zero-order valence-corrected chi connectivity index (χ0v) is 17.9. The second kappa shape index (κ2) is 7.60. The first-order valence-electron chi connectivity index (χ1n) is 9.71. The van der Waals surface area contributed by atoms with Crippen molar-refractivity contribution in [3.05, 3.63) is 83.4 Å². The van der Waals surface area contributed by atoms with Crippen molar-refractivity contribution in [2.45, 2.75) is 25.4 Å². The van der Waals surface area contributed by atoms with Crippen LogP contribution in [0.3, 0.4) is 0 Å². The van der Waals surface area contributed by atoms with Crippen molar-refractivity contribution in [3.8, 4) is 0 Å². The van der Waals surface area contributed by atoms with Gasteiger partial charge < -0.3 is 9.88 Å². The highest BCUT2D eigenvalue weighted by Crippen LogP contribution is 2.35. The van der Waals surface area contributed by atoms with Gasteiger partial charge in [0.25, 0.3) is 5.91 Å². The van der Waals surface area contributed by atoms with E-state index in [0.717, 1.165) is 17.0 Å². The summed E-state index contributed by atoms with van der Waals surface area (Å²) in [7, 11) is -1.48. The lowest BCUT2D eigenvalue weighted by molar-refractivity contribution is 0.0941. The molecule has 0 bridgehead atoms. The fourth-order valence-corrected chi connectivity index (χ4v) is 5.33. The summed E-state index contributed by atoms with van der Waals surface area (Å²) >= 11 is 0. The summed E-state index contributed by atoms with van der Waals surface area (Å²) in [6.07, 6.45) is 5.32. The SMILES string of the molecule is CC1Cc2cc(C(=O)NC(c3ccccc3)c3nccn3C)ccc2N1S(C)(=O)=O. The van der Waals surface area contributed by atoms with Crippen LogP contribution in [0.5, 0.6) is 0 Å². The van der Waals surface area contributed by atoms with Gasteiger partial charge in [-0.05, 0) is 42.7 Å². The van der Waals surface area contributed by atoms with Crippen molar-refractivity contribution >= 4 is 21.6 Å². The molecule has 1 amide bonds. The van der Waals surface area contributed by atoms with Crippen LogP contribution in [-0.4, -0.2) is 36.2 Å². The predicted octanol–water partition coefficient (Wildman–Crippen LogP) is 2.65. The van der Waals surface area contributed by atoms with Crippen LogP contribution in [0.4, 0.5) is 5.69 Å². The molecule has 2 heterocycles. The number of nitrogens with one attached hydrogen (secondary N) is 1. The molecule has 2 aromatic carbocycles. The molecular formula is C22H24N4O3S. The van der Waals surface area contributed by atoms with E-state index in [4.69, 9.17) is 0 Å². The smallest absolute Gasteiger partial charge is 0.252 e. The van der Waals surface area contributed by atoms with Gasteiger partial charge in [0.1, 0.15) is 11.9 Å². The van der Waals surface area contributed by atoms with Gasteiger partial charge in [0.05, 0.1) is 11.9 Å². The van der Waals surface area contributed by atoms with Crippen LogP contribution in [0.15, 0.2) is 60.9 Å². The number of sulfonamides is 1. The molecule has 1 aliphatic rings. The van der Waals surface area contributed by atoms with Gasteiger partial charge in [-0.15, -0.1) is 0 Å². The first-order chi connectivity index (χ1) is 14.3. The van der Waals surface area contributed by atoms with Gasteiger partial charge in [0.2, 0.25) is 10.0 Å². The number of fused-ring (bicyclic) bond motifs is 1. The highest BCUT2D eigenvalue weighted by atomic mass is 32.2. The van der Waals surface area contributed by atoms with E-state index in [1.165, 1.54) is 10.6 Å². The molecule has 7 nitrogen and oxygen atoms in total. The fourth-order valence-electron chi connectivity index (χ4n) is 4.06. The van der Waals surface area contributed by atoms with Crippen LogP contribution in [0.1, 0.15) is 40.3 Å². The fraction of sp³-hybridized carbons (Fsp3) is 0.273. The highest BCUT2D eigenvalue weighted by molar-refractivity contribution is 7.92. The average molecular weight is 425 g/mol. The molecule has 30 heavy (non-hydrogen) atoms. The second-order valence-corrected chi connectivity index (χ2v) is 9.53. The van der Waals surface area contributed by atoms with Gasteiger partial charge in [-0.25, -0.2) is 13.4 Å². The van der Waals surface area contributed by atoms with E-state index in [1.54, 1.807) is 24.4 Å². The summed E-state index contributed by atoms with van der Waals surface area (Å²) in [5.74, 6) is 0.493. The normalized spacial score (nSPS) is 16.9. The molecule has 0 spiro atoms. The van der Waals surface area contributed by atoms with Crippen molar-refractivity contribution in [1.29, 1.82) is 0 Å². The zero-order valence-electron chi connectivity index (χ0n) is 17.1. The number of benzene rings is 2. The van der Waals surface area contributed by atoms with Gasteiger partial charge in [0.15, 0.2) is 0 Å². The average Bonchev–Trinajstić information content (AvgIpc) is 3.27. The lowest BCUT2D eigenvalue weighted by Gasteiger charge is -2.22. The van der Waals surface area contributed by atoms with Gasteiger partial charge in [0, 0.05) is 31.0 Å². The highest BCUT2D eigenvalue weighted by Gasteiger charge is 2.33. The number of imidazole rings is 1. The Morgan fingerprint density at radius 3 is 2.57 bits per heavy atom. The Morgan fingerprint density at radius 2 is 1.93 bits per heavy atom. The van der Waals surface area contributed by atoms with Gasteiger partial charge in [-0.1, -0.05) is 30.3 Å². The minimum absolute atomic E-state index is 0.169. The monoisotopic (exact) mass is 424 g/mol. The summed E-state index contributed by atoms with van der Waals surface area (Å²) in [5.41, 5.74) is 2.92. The molecule has 3 aromatic rings. The van der Waals surface area contributed by atoms with Crippen LogP contribution in [0, 0.1) is 0 Å². The molecule has 2 atom stereocenters. The van der Waals surface area contributed by atoms with Crippen molar-refractivity contribution in [3.63, 3.8) is 0 Å². The van der Waals surface area contributed by atoms with E-state index in [1.807, 2.05) is 55.1 Å². The quantitative estimate of drug-likeness (QED) is 0.682. The third-order valence-corrected chi connectivity index (χ3v) is 6.65. The third kappa shape index (κ3) is 3.70. The summed E-state index contributed by atoms with van der Waals surface area (Å²) in [5, 5.41) is 3.08. The van der Waals surface area contributed by atoms with Crippen molar-refractivity contribution in [1.82, 2.24) is 14.9 Å². The number of nitrogens with zero attached hydrogens (tertiary/aromatic N) is 3. The summed E-state index contributed by atoms with van der Waals surface area (Å²) < 4.78 is 27.6. The number of amides is 1. The molecule has 156 valence electrons. The number of hydrogen-bond acceptors (Lipinski definition) is 4. The Kier molecular flexibility index (Phi) is 5.11. The number of carbonyl (C=O) groups excluding carboxylic acids is 1. The van der Waals surface area contributed by atoms with Crippen LogP contribution in [-0.2, 0) is 23.5 Å². The molecule has 1 aliphatic heterocycles. The first-order valence-corrected chi connectivity index (χ1v) is 11.6. The zero-order chi connectivity index (χ0) is 21.5. The molecule has 8 heteroatoms. The number of rotatable bonds is 5. The third-order valence-electron chi connectivity index (χ3n) is 5.38. The Bertz CT molecular complexity index is 1190. The Morgan fingerprint density at radius 1 is 1.20 bits per heavy atom. The van der Waals surface area contributed by atoms with Gasteiger partial charge in [-0.3, -0.25) is 9.10 Å². The lowest BCUT2D eigenvalue weighted by atomic mass is 10.0. The van der Waals surface area contributed by atoms with E-state index in [-0.39, 0.29) is 11.9 Å². The second-order valence-electron chi connectivity index (χ2n) is 7.67. The summed E-state index contributed by atoms with van der Waals surface area (Å²) in [4.78, 5) is 17.5. The summed E-state index contributed by atoms with van der Waals surface area (Å²) in [6.45, 7) is 1.87. The van der Waals surface area contributed by atoms with Gasteiger partial charge >= 0.3 is 0 Å². The van der Waals surface area contributed by atoms with Crippen molar-refractivity contribution in [2.24, 2.45) is 7.05 Å². The molecule has 0 saturated heterocycles. The molecule has 2 unspecified atom stereocenters. The maximum Gasteiger partial charge on any atom is 0.252 e. The molecule has 1 aromatic heterocycles. The van der Waals surface area contributed by atoms with E-state index < -0.39 is 16.1 Å². The number of anilines is 1. The Labute approximate surface area is 176 Å². The number of aryl methyl sites for hydroxylation is 1. The van der Waals surface area contributed by atoms with E-state index in [9.17, 15) is 13.2 Å². The number of carbonyl (C=O) groups is 1. The standard InChI is InChI=1S/C22H24N4O3S/c1-15-13-18-14-17(9-10-19(18)26(15)30(3,28)29)22(27)24-20(16-7-5-4-6-8-16)21-23-11-12-25(21)2/h4-12,14-15,20H,13H2,1-3H3,(H,24,27). The minimum atomic E-state index is -3.37. The predicted molar refractivity (Wildman–Crippen MR) is 116 cm³/mol. The van der Waals surface area contributed by atoms with E-state index in [0.29, 0.717) is 17.7 Å². The maximum absolute atomic E-state index is 13.1. The topological polar surface area (TPSA) is 84.3 Å². The minimum Gasteiger partial charge on any atom is -0.338 e. The molecule has 0 fully saturated rings. The maximum atomic E-state index is 13.1. The molecular weight excluding hydrogens is 400 g/mol. The summed E-state index contributed by atoms with van der Waals surface area (Å²) in [6, 6.07) is 14.3. The van der Waals surface area contributed by atoms with Gasteiger partial charge in [-0.2, -0.15) is 0 Å². The molecule has 0 aliphatic carbocycles. The van der Waals surface area contributed by atoms with Crippen LogP contribution in [0.25, 0.3) is 0 Å². The van der Waals surface area contributed by atoms with Crippen LogP contribution < -0.4 is 9.62 Å². The van der Waals surface area contributed by atoms with Crippen LogP contribution in [0.2, 0.25) is 0 Å². The molecule has 4 rings (SSSR count). The van der Waals surface area contributed by atoms with Crippen molar-refractivity contribution in [2.75, 3.05) is 10.6 Å². The van der Waals surface area contributed by atoms with E-state index in [2.05, 4.69) is 10.3 Å². The molecule has 1 N–H and O–H groups in total. The lowest BCUT2D eigenvalue weighted by Crippen LogP contribution is -2.34. The largest absolute Gasteiger partial charge is 0.338 e. The Hall–Kier alpha value is -3.13. The molecule has 0 saturated carbocycles. The number of aromatic nitrogens is 2. The van der Waals surface area contributed by atoms with Crippen LogP contribution >= 0.6 is 0 Å². The van der Waals surface area contributed by atoms with Crippen molar-refractivity contribution < 1.29 is 13.2 Å². The Balaban J connectivity index is 1.65. The molecule has 0 radical (unpaired) electrons. The van der Waals surface area contributed by atoms with E-state index >= 15 is 0 Å². The first kappa shape index (κ1) is 20.2. The number of hydrogen-bond donors (Lipinski definition) is 1.